The molecular formula is C26H33IN2O8S. The van der Waals surface area contributed by atoms with Crippen LogP contribution in [0.5, 0.6) is 5.75 Å². The molecule has 208 valence electrons. The third-order valence-corrected chi connectivity index (χ3v) is 8.49. The first-order valence-electron chi connectivity index (χ1n) is 12.1. The summed E-state index contributed by atoms with van der Waals surface area (Å²) in [5.41, 5.74) is 1.01. The van der Waals surface area contributed by atoms with E-state index in [2.05, 4.69) is 27.9 Å². The number of aliphatic hydroxyl groups excluding tert-OH is 1. The number of allylic oxidation sites excluding steroid dienone is 1. The Morgan fingerprint density at radius 2 is 1.82 bits per heavy atom. The maximum atomic E-state index is 13.1. The van der Waals surface area contributed by atoms with Crippen molar-refractivity contribution in [3.63, 3.8) is 0 Å². The molecule has 1 aliphatic rings. The SMILES string of the molecule is COCCNC(=O)C1=C[C@@H](c2ccc(I)cc2)C[C@@H](OCCN(CCO)S(=O)(=O)c2ccc(OC)cc2)O1. The predicted molar refractivity (Wildman–Crippen MR) is 149 cm³/mol. The number of sulfonamides is 1. The van der Waals surface area contributed by atoms with E-state index in [-0.39, 0.29) is 48.8 Å². The van der Waals surface area contributed by atoms with Crippen LogP contribution in [-0.4, -0.2) is 83.7 Å². The molecular weight excluding hydrogens is 627 g/mol. The lowest BCUT2D eigenvalue weighted by molar-refractivity contribution is -0.146. The maximum absolute atomic E-state index is 13.1. The smallest absolute Gasteiger partial charge is 0.286 e. The number of nitrogens with zero attached hydrogens (tertiary/aromatic N) is 1. The second kappa shape index (κ2) is 14.8. The number of ether oxygens (including phenoxy) is 4. The Bertz CT molecular complexity index is 1170. The Morgan fingerprint density at radius 1 is 1.11 bits per heavy atom. The first kappa shape index (κ1) is 30.3. The molecule has 3 rings (SSSR count). The minimum Gasteiger partial charge on any atom is -0.497 e. The number of amides is 1. The quantitative estimate of drug-likeness (QED) is 0.234. The van der Waals surface area contributed by atoms with Crippen LogP contribution in [0.4, 0.5) is 0 Å². The molecule has 2 aromatic carbocycles. The van der Waals surface area contributed by atoms with E-state index in [1.807, 2.05) is 24.3 Å². The largest absolute Gasteiger partial charge is 0.497 e. The van der Waals surface area contributed by atoms with Crippen molar-refractivity contribution >= 4 is 38.5 Å². The molecule has 1 amide bonds. The van der Waals surface area contributed by atoms with Gasteiger partial charge in [-0.2, -0.15) is 4.31 Å². The van der Waals surface area contributed by atoms with Gasteiger partial charge in [0.2, 0.25) is 16.3 Å². The number of aliphatic hydroxyl groups is 1. The van der Waals surface area contributed by atoms with E-state index in [0.717, 1.165) is 13.4 Å². The van der Waals surface area contributed by atoms with Gasteiger partial charge >= 0.3 is 0 Å². The van der Waals surface area contributed by atoms with Crippen molar-refractivity contribution in [2.24, 2.45) is 0 Å². The zero-order valence-electron chi connectivity index (χ0n) is 21.3. The van der Waals surface area contributed by atoms with Gasteiger partial charge in [-0.15, -0.1) is 0 Å². The van der Waals surface area contributed by atoms with E-state index in [1.54, 1.807) is 25.3 Å². The molecule has 0 fully saturated rings. The standard InChI is InChI=1S/C26H33IN2O8S/c1-34-15-11-28-26(31)24-17-20(19-3-5-21(27)6-4-19)18-25(37-24)36-16-13-29(12-14-30)38(32,33)23-9-7-22(35-2)8-10-23/h3-10,17,20,25,30H,11-16,18H2,1-2H3,(H,28,31)/t20-,25+/m1/s1. The van der Waals surface area contributed by atoms with E-state index in [0.29, 0.717) is 25.3 Å². The van der Waals surface area contributed by atoms with Crippen LogP contribution in [0.1, 0.15) is 17.9 Å². The molecule has 2 aromatic rings. The molecule has 0 saturated carbocycles. The zero-order valence-corrected chi connectivity index (χ0v) is 24.3. The number of carbonyl (C=O) groups is 1. The van der Waals surface area contributed by atoms with Gasteiger partial charge in [-0.1, -0.05) is 12.1 Å². The maximum Gasteiger partial charge on any atom is 0.286 e. The van der Waals surface area contributed by atoms with Gasteiger partial charge in [0.1, 0.15) is 5.75 Å². The Kier molecular flexibility index (Phi) is 11.8. The number of rotatable bonds is 14. The predicted octanol–water partition coefficient (Wildman–Crippen LogP) is 2.48. The molecule has 0 saturated heterocycles. The Hall–Kier alpha value is -2.23. The normalized spacial score (nSPS) is 17.6. The zero-order chi connectivity index (χ0) is 27.5. The first-order chi connectivity index (χ1) is 18.3. The number of methoxy groups -OCH3 is 2. The fourth-order valence-electron chi connectivity index (χ4n) is 3.86. The van der Waals surface area contributed by atoms with Crippen molar-refractivity contribution in [2.45, 2.75) is 23.5 Å². The van der Waals surface area contributed by atoms with E-state index < -0.39 is 16.3 Å². The fourth-order valence-corrected chi connectivity index (χ4v) is 5.64. The van der Waals surface area contributed by atoms with Crippen molar-refractivity contribution in [2.75, 3.05) is 53.7 Å². The van der Waals surface area contributed by atoms with Gasteiger partial charge in [0, 0.05) is 42.7 Å². The van der Waals surface area contributed by atoms with Crippen LogP contribution in [0, 0.1) is 3.57 Å². The summed E-state index contributed by atoms with van der Waals surface area (Å²) in [5, 5.41) is 12.2. The highest BCUT2D eigenvalue weighted by Crippen LogP contribution is 2.32. The Balaban J connectivity index is 1.70. The van der Waals surface area contributed by atoms with Crippen LogP contribution in [-0.2, 0) is 29.0 Å². The third kappa shape index (κ3) is 8.38. The molecule has 2 N–H and O–H groups in total. The topological polar surface area (TPSA) is 124 Å². The van der Waals surface area contributed by atoms with Gasteiger partial charge in [-0.05, 0) is 70.6 Å². The average Bonchev–Trinajstić information content (AvgIpc) is 2.93. The molecule has 1 aliphatic heterocycles. The molecule has 12 heteroatoms. The summed E-state index contributed by atoms with van der Waals surface area (Å²) < 4.78 is 50.4. The number of nitrogens with one attached hydrogen (secondary N) is 1. The van der Waals surface area contributed by atoms with Crippen LogP contribution in [0.2, 0.25) is 0 Å². The number of halogens is 1. The highest BCUT2D eigenvalue weighted by Gasteiger charge is 2.30. The number of carbonyl (C=O) groups excluding carboxylic acids is 1. The third-order valence-electron chi connectivity index (χ3n) is 5.86. The van der Waals surface area contributed by atoms with Gasteiger partial charge in [0.25, 0.3) is 5.91 Å². The van der Waals surface area contributed by atoms with Crippen LogP contribution in [0.25, 0.3) is 0 Å². The lowest BCUT2D eigenvalue weighted by Crippen LogP contribution is -2.38. The number of hydrogen-bond acceptors (Lipinski definition) is 8. The first-order valence-corrected chi connectivity index (χ1v) is 14.6. The summed E-state index contributed by atoms with van der Waals surface area (Å²) in [7, 11) is -0.828. The summed E-state index contributed by atoms with van der Waals surface area (Å²) in [6.45, 7) is 0.234. The van der Waals surface area contributed by atoms with E-state index in [9.17, 15) is 18.3 Å². The molecule has 0 aromatic heterocycles. The molecule has 0 bridgehead atoms. The van der Waals surface area contributed by atoms with Crippen molar-refractivity contribution in [1.29, 1.82) is 0 Å². The number of hydrogen-bond donors (Lipinski definition) is 2. The molecule has 0 aliphatic carbocycles. The van der Waals surface area contributed by atoms with Crippen molar-refractivity contribution in [1.82, 2.24) is 9.62 Å². The lowest BCUT2D eigenvalue weighted by atomic mass is 9.93. The average molecular weight is 661 g/mol. The van der Waals surface area contributed by atoms with Gasteiger partial charge < -0.3 is 29.4 Å². The van der Waals surface area contributed by atoms with Crippen molar-refractivity contribution in [3.05, 3.63) is 69.5 Å². The molecule has 0 unspecified atom stereocenters. The Labute approximate surface area is 237 Å². The molecule has 10 nitrogen and oxygen atoms in total. The summed E-state index contributed by atoms with van der Waals surface area (Å²) >= 11 is 2.23. The van der Waals surface area contributed by atoms with Gasteiger partial charge in [-0.25, -0.2) is 8.42 Å². The molecule has 0 spiro atoms. The Morgan fingerprint density at radius 3 is 2.45 bits per heavy atom. The monoisotopic (exact) mass is 660 g/mol. The van der Waals surface area contributed by atoms with E-state index >= 15 is 0 Å². The van der Waals surface area contributed by atoms with Gasteiger partial charge in [-0.3, -0.25) is 4.79 Å². The van der Waals surface area contributed by atoms with Crippen LogP contribution in [0.15, 0.2) is 65.3 Å². The van der Waals surface area contributed by atoms with Gasteiger partial charge in [0.05, 0.1) is 31.8 Å². The van der Waals surface area contributed by atoms with Crippen molar-refractivity contribution < 1.29 is 37.3 Å². The summed E-state index contributed by atoms with van der Waals surface area (Å²) in [6.07, 6.45) is 1.45. The van der Waals surface area contributed by atoms with Crippen LogP contribution >= 0.6 is 22.6 Å². The highest BCUT2D eigenvalue weighted by atomic mass is 127. The summed E-state index contributed by atoms with van der Waals surface area (Å²) in [5.74, 6) is 0.160. The minimum absolute atomic E-state index is 0.00195. The van der Waals surface area contributed by atoms with Crippen molar-refractivity contribution in [3.8, 4) is 5.75 Å². The molecule has 1 heterocycles. The second-order valence-electron chi connectivity index (χ2n) is 8.39. The van der Waals surface area contributed by atoms with E-state index in [1.165, 1.54) is 19.2 Å². The fraction of sp³-hybridized carbons (Fsp3) is 0.423. The van der Waals surface area contributed by atoms with E-state index in [4.69, 9.17) is 18.9 Å². The lowest BCUT2D eigenvalue weighted by Gasteiger charge is -2.30. The molecule has 2 atom stereocenters. The van der Waals surface area contributed by atoms with Crippen LogP contribution < -0.4 is 10.1 Å². The van der Waals surface area contributed by atoms with Gasteiger partial charge in [0.15, 0.2) is 5.76 Å². The summed E-state index contributed by atoms with van der Waals surface area (Å²) in [6, 6.07) is 14.0. The number of benzene rings is 2. The van der Waals surface area contributed by atoms with Crippen LogP contribution in [0.3, 0.4) is 0 Å². The molecule has 0 radical (unpaired) electrons. The highest BCUT2D eigenvalue weighted by molar-refractivity contribution is 14.1. The second-order valence-corrected chi connectivity index (χ2v) is 11.6. The molecule has 38 heavy (non-hydrogen) atoms. The summed E-state index contributed by atoms with van der Waals surface area (Å²) in [4.78, 5) is 12.8. The minimum atomic E-state index is -3.88.